The third-order valence-electron chi connectivity index (χ3n) is 5.09. The summed E-state index contributed by atoms with van der Waals surface area (Å²) in [6.07, 6.45) is 0. The number of hydrogen-bond acceptors (Lipinski definition) is 5. The fourth-order valence-corrected chi connectivity index (χ4v) is 3.54. The van der Waals surface area contributed by atoms with Crippen LogP contribution >= 0.6 is 11.6 Å². The Hall–Kier alpha value is -2.21. The van der Waals surface area contributed by atoms with E-state index in [0.717, 1.165) is 43.3 Å². The zero-order valence-electron chi connectivity index (χ0n) is 15.4. The van der Waals surface area contributed by atoms with E-state index in [1.165, 1.54) is 5.56 Å². The summed E-state index contributed by atoms with van der Waals surface area (Å²) in [5.41, 5.74) is 2.25. The molecular weight excluding hydrogens is 360 g/mol. The van der Waals surface area contributed by atoms with E-state index in [1.807, 2.05) is 42.5 Å². The SMILES string of the molecule is C[C@@H](c1nnc(-c2ccccc2)o1)N1CCN(Cc2ccc(Cl)cc2)CC1. The first-order valence-electron chi connectivity index (χ1n) is 9.29. The van der Waals surface area contributed by atoms with Crippen LogP contribution in [0.2, 0.25) is 5.02 Å². The third kappa shape index (κ3) is 4.38. The molecule has 2 aromatic carbocycles. The van der Waals surface area contributed by atoms with Gasteiger partial charge < -0.3 is 4.42 Å². The van der Waals surface area contributed by atoms with Crippen molar-refractivity contribution < 1.29 is 4.42 Å². The zero-order chi connectivity index (χ0) is 18.6. The van der Waals surface area contributed by atoms with Gasteiger partial charge in [-0.05, 0) is 36.8 Å². The Bertz CT molecular complexity index is 857. The lowest BCUT2D eigenvalue weighted by atomic mass is 10.2. The van der Waals surface area contributed by atoms with E-state index in [9.17, 15) is 0 Å². The molecule has 3 aromatic rings. The molecule has 0 spiro atoms. The first-order chi connectivity index (χ1) is 13.2. The fourth-order valence-electron chi connectivity index (χ4n) is 3.41. The summed E-state index contributed by atoms with van der Waals surface area (Å²) in [7, 11) is 0. The van der Waals surface area contributed by atoms with Gasteiger partial charge in [-0.2, -0.15) is 0 Å². The first-order valence-corrected chi connectivity index (χ1v) is 9.66. The summed E-state index contributed by atoms with van der Waals surface area (Å²) in [4.78, 5) is 4.87. The minimum atomic E-state index is 0.118. The molecule has 5 nitrogen and oxygen atoms in total. The number of benzene rings is 2. The lowest BCUT2D eigenvalue weighted by Crippen LogP contribution is -2.46. The standard InChI is InChI=1S/C21H23ClN4O/c1-16(20-23-24-21(27-20)18-5-3-2-4-6-18)26-13-11-25(12-14-26)15-17-7-9-19(22)10-8-17/h2-10,16H,11-15H2,1H3/t16-/m0/s1. The van der Waals surface area contributed by atoms with Crippen molar-refractivity contribution in [3.63, 3.8) is 0 Å². The monoisotopic (exact) mass is 382 g/mol. The van der Waals surface area contributed by atoms with Crippen molar-refractivity contribution in [3.8, 4) is 11.5 Å². The summed E-state index contributed by atoms with van der Waals surface area (Å²) in [5.74, 6) is 1.26. The van der Waals surface area contributed by atoms with Crippen LogP contribution in [0.15, 0.2) is 59.0 Å². The van der Waals surface area contributed by atoms with Crippen LogP contribution in [0.4, 0.5) is 0 Å². The Morgan fingerprint density at radius 2 is 1.67 bits per heavy atom. The van der Waals surface area contributed by atoms with Gasteiger partial charge in [-0.15, -0.1) is 10.2 Å². The van der Waals surface area contributed by atoms with Crippen molar-refractivity contribution in [2.75, 3.05) is 26.2 Å². The van der Waals surface area contributed by atoms with Crippen LogP contribution in [-0.4, -0.2) is 46.2 Å². The van der Waals surface area contributed by atoms with Crippen molar-refractivity contribution in [1.82, 2.24) is 20.0 Å². The van der Waals surface area contributed by atoms with E-state index in [-0.39, 0.29) is 6.04 Å². The highest BCUT2D eigenvalue weighted by Gasteiger charge is 2.25. The van der Waals surface area contributed by atoms with Gasteiger partial charge in [-0.3, -0.25) is 9.80 Å². The van der Waals surface area contributed by atoms with Crippen LogP contribution in [0.1, 0.15) is 24.4 Å². The number of piperazine rings is 1. The van der Waals surface area contributed by atoms with Crippen molar-refractivity contribution >= 4 is 11.6 Å². The Morgan fingerprint density at radius 1 is 0.963 bits per heavy atom. The summed E-state index contributed by atoms with van der Waals surface area (Å²) in [6.45, 7) is 7.10. The van der Waals surface area contributed by atoms with E-state index >= 15 is 0 Å². The molecule has 0 N–H and O–H groups in total. The smallest absolute Gasteiger partial charge is 0.247 e. The van der Waals surface area contributed by atoms with Gasteiger partial charge in [0.15, 0.2) is 0 Å². The number of hydrogen-bond donors (Lipinski definition) is 0. The first kappa shape index (κ1) is 18.2. The lowest BCUT2D eigenvalue weighted by Gasteiger charge is -2.36. The molecule has 1 aliphatic heterocycles. The molecule has 1 aliphatic rings. The van der Waals surface area contributed by atoms with Crippen LogP contribution in [-0.2, 0) is 6.54 Å². The van der Waals surface area contributed by atoms with Crippen LogP contribution in [0, 0.1) is 0 Å². The highest BCUT2D eigenvalue weighted by molar-refractivity contribution is 6.30. The van der Waals surface area contributed by atoms with Crippen LogP contribution in [0.3, 0.4) is 0 Å². The minimum Gasteiger partial charge on any atom is -0.419 e. The summed E-state index contributed by atoms with van der Waals surface area (Å²) >= 11 is 5.97. The molecule has 140 valence electrons. The van der Waals surface area contributed by atoms with E-state index in [2.05, 4.69) is 39.1 Å². The molecule has 1 atom stereocenters. The largest absolute Gasteiger partial charge is 0.419 e. The van der Waals surface area contributed by atoms with Crippen molar-refractivity contribution in [1.29, 1.82) is 0 Å². The molecule has 0 unspecified atom stereocenters. The van der Waals surface area contributed by atoms with Crippen LogP contribution in [0.25, 0.3) is 11.5 Å². The van der Waals surface area contributed by atoms with Crippen molar-refractivity contribution in [2.24, 2.45) is 0 Å². The van der Waals surface area contributed by atoms with Gasteiger partial charge in [0.05, 0.1) is 6.04 Å². The maximum atomic E-state index is 5.97. The number of aromatic nitrogens is 2. The quantitative estimate of drug-likeness (QED) is 0.659. The average molecular weight is 383 g/mol. The van der Waals surface area contributed by atoms with E-state index in [4.69, 9.17) is 16.0 Å². The van der Waals surface area contributed by atoms with Gasteiger partial charge in [-0.1, -0.05) is 41.9 Å². The predicted molar refractivity (Wildman–Crippen MR) is 106 cm³/mol. The Kier molecular flexibility index (Phi) is 5.53. The Balaban J connectivity index is 1.34. The van der Waals surface area contributed by atoms with Gasteiger partial charge in [0.25, 0.3) is 0 Å². The molecule has 0 amide bonds. The van der Waals surface area contributed by atoms with Gasteiger partial charge in [0.2, 0.25) is 11.8 Å². The van der Waals surface area contributed by atoms with E-state index < -0.39 is 0 Å². The number of rotatable bonds is 5. The van der Waals surface area contributed by atoms with Crippen LogP contribution in [0.5, 0.6) is 0 Å². The molecule has 1 fully saturated rings. The summed E-state index contributed by atoms with van der Waals surface area (Å²) in [6, 6.07) is 18.1. The molecule has 0 bridgehead atoms. The molecule has 4 rings (SSSR count). The average Bonchev–Trinajstić information content (AvgIpc) is 3.21. The molecule has 0 radical (unpaired) electrons. The highest BCUT2D eigenvalue weighted by atomic mass is 35.5. The summed E-state index contributed by atoms with van der Waals surface area (Å²) in [5, 5.41) is 9.28. The molecule has 1 saturated heterocycles. The van der Waals surface area contributed by atoms with Crippen molar-refractivity contribution in [2.45, 2.75) is 19.5 Å². The topological polar surface area (TPSA) is 45.4 Å². The van der Waals surface area contributed by atoms with Gasteiger partial charge in [0.1, 0.15) is 0 Å². The molecule has 0 saturated carbocycles. The minimum absolute atomic E-state index is 0.118. The van der Waals surface area contributed by atoms with Gasteiger partial charge in [-0.25, -0.2) is 0 Å². The maximum Gasteiger partial charge on any atom is 0.247 e. The lowest BCUT2D eigenvalue weighted by molar-refractivity contribution is 0.0876. The predicted octanol–water partition coefficient (Wildman–Crippen LogP) is 4.27. The highest BCUT2D eigenvalue weighted by Crippen LogP contribution is 2.25. The molecule has 0 aliphatic carbocycles. The zero-order valence-corrected chi connectivity index (χ0v) is 16.1. The van der Waals surface area contributed by atoms with Gasteiger partial charge in [0, 0.05) is 43.3 Å². The summed E-state index contributed by atoms with van der Waals surface area (Å²) < 4.78 is 5.93. The fraction of sp³-hybridized carbons (Fsp3) is 0.333. The normalized spacial score (nSPS) is 17.1. The molecular formula is C21H23ClN4O. The Morgan fingerprint density at radius 3 is 2.37 bits per heavy atom. The van der Waals surface area contributed by atoms with Gasteiger partial charge >= 0.3 is 0 Å². The second-order valence-corrected chi connectivity index (χ2v) is 7.36. The third-order valence-corrected chi connectivity index (χ3v) is 5.34. The maximum absolute atomic E-state index is 5.97. The second-order valence-electron chi connectivity index (χ2n) is 6.93. The number of halogens is 1. The van der Waals surface area contributed by atoms with E-state index in [1.54, 1.807) is 0 Å². The number of nitrogens with zero attached hydrogens (tertiary/aromatic N) is 4. The molecule has 6 heteroatoms. The molecule has 2 heterocycles. The van der Waals surface area contributed by atoms with E-state index in [0.29, 0.717) is 11.8 Å². The molecule has 27 heavy (non-hydrogen) atoms. The Labute approximate surface area is 164 Å². The molecule has 1 aromatic heterocycles. The van der Waals surface area contributed by atoms with Crippen molar-refractivity contribution in [3.05, 3.63) is 71.1 Å². The van der Waals surface area contributed by atoms with Crippen LogP contribution < -0.4 is 0 Å². The second kappa shape index (κ2) is 8.21.